The van der Waals surface area contributed by atoms with Crippen LogP contribution < -0.4 is 4.74 Å². The molecule has 2 aromatic rings. The minimum atomic E-state index is -0.244. The monoisotopic (exact) mass is 329 g/mol. The lowest BCUT2D eigenvalue weighted by molar-refractivity contribution is -0.129. The zero-order chi connectivity index (χ0) is 17.1. The number of ether oxygens (including phenoxy) is 1. The van der Waals surface area contributed by atoms with Gasteiger partial charge in [-0.3, -0.25) is 4.79 Å². The third-order valence-corrected chi connectivity index (χ3v) is 4.48. The van der Waals surface area contributed by atoms with Gasteiger partial charge in [0.2, 0.25) is 5.91 Å². The fraction of sp³-hybridized carbons (Fsp3) is 0.316. The van der Waals surface area contributed by atoms with Crippen molar-refractivity contribution in [3.63, 3.8) is 0 Å². The summed E-state index contributed by atoms with van der Waals surface area (Å²) in [7, 11) is 1.48. The molecule has 1 atom stereocenters. The highest BCUT2D eigenvalue weighted by Crippen LogP contribution is 2.29. The molecule has 1 amide bonds. The number of nitrogens with zero attached hydrogens (tertiary/aromatic N) is 1. The van der Waals surface area contributed by atoms with Crippen molar-refractivity contribution in [2.75, 3.05) is 20.2 Å². The van der Waals surface area contributed by atoms with Gasteiger partial charge < -0.3 is 14.7 Å². The summed E-state index contributed by atoms with van der Waals surface area (Å²) in [5.41, 5.74) is 1.87. The molecular weight excluding hydrogens is 309 g/mol. The van der Waals surface area contributed by atoms with E-state index in [2.05, 4.69) is 0 Å². The molecule has 1 N–H and O–H groups in total. The van der Waals surface area contributed by atoms with E-state index < -0.39 is 0 Å². The molecule has 1 aliphatic heterocycles. The predicted molar refractivity (Wildman–Crippen MR) is 88.7 cm³/mol. The molecule has 126 valence electrons. The number of phenols is 1. The van der Waals surface area contributed by atoms with Crippen LogP contribution in [0.2, 0.25) is 0 Å². The Balaban J connectivity index is 1.63. The van der Waals surface area contributed by atoms with Gasteiger partial charge in [-0.25, -0.2) is 4.39 Å². The molecule has 1 saturated heterocycles. The van der Waals surface area contributed by atoms with Gasteiger partial charge in [0.15, 0.2) is 11.5 Å². The van der Waals surface area contributed by atoms with Crippen LogP contribution in [0.1, 0.15) is 23.5 Å². The number of halogens is 1. The second kappa shape index (κ2) is 6.91. The second-order valence-corrected chi connectivity index (χ2v) is 6.06. The van der Waals surface area contributed by atoms with Gasteiger partial charge in [-0.15, -0.1) is 0 Å². The van der Waals surface area contributed by atoms with E-state index in [9.17, 15) is 14.3 Å². The van der Waals surface area contributed by atoms with Crippen molar-refractivity contribution in [1.82, 2.24) is 4.90 Å². The Labute approximate surface area is 140 Å². The Bertz CT molecular complexity index is 730. The van der Waals surface area contributed by atoms with Crippen LogP contribution in [-0.2, 0) is 11.2 Å². The van der Waals surface area contributed by atoms with Crippen molar-refractivity contribution >= 4 is 5.91 Å². The number of hydrogen-bond donors (Lipinski definition) is 1. The van der Waals surface area contributed by atoms with Gasteiger partial charge in [0, 0.05) is 19.0 Å². The number of benzene rings is 2. The SMILES string of the molecule is COc1cc(CC(=O)N2CCC(c3ccc(F)cc3)C2)ccc1O. The molecule has 5 heteroatoms. The number of carbonyl (C=O) groups is 1. The van der Waals surface area contributed by atoms with Gasteiger partial charge in [0.05, 0.1) is 13.5 Å². The summed E-state index contributed by atoms with van der Waals surface area (Å²) >= 11 is 0. The highest BCUT2D eigenvalue weighted by Gasteiger charge is 2.27. The zero-order valence-electron chi connectivity index (χ0n) is 13.5. The molecule has 1 heterocycles. The molecule has 3 rings (SSSR count). The van der Waals surface area contributed by atoms with Crippen LogP contribution in [0.5, 0.6) is 11.5 Å². The third kappa shape index (κ3) is 3.50. The summed E-state index contributed by atoms with van der Waals surface area (Å²) in [6.07, 6.45) is 1.16. The minimum absolute atomic E-state index is 0.0485. The summed E-state index contributed by atoms with van der Waals surface area (Å²) in [6, 6.07) is 11.4. The van der Waals surface area contributed by atoms with Crippen molar-refractivity contribution in [2.45, 2.75) is 18.8 Å². The quantitative estimate of drug-likeness (QED) is 0.938. The molecule has 1 unspecified atom stereocenters. The van der Waals surface area contributed by atoms with Gasteiger partial charge in [0.1, 0.15) is 5.82 Å². The van der Waals surface area contributed by atoms with Crippen LogP contribution in [0.3, 0.4) is 0 Å². The molecule has 24 heavy (non-hydrogen) atoms. The Morgan fingerprint density at radius 1 is 1.29 bits per heavy atom. The summed E-state index contributed by atoms with van der Waals surface area (Å²) < 4.78 is 18.1. The maximum Gasteiger partial charge on any atom is 0.227 e. The van der Waals surface area contributed by atoms with E-state index in [1.165, 1.54) is 25.3 Å². The van der Waals surface area contributed by atoms with Crippen LogP contribution in [0.25, 0.3) is 0 Å². The van der Waals surface area contributed by atoms with Crippen LogP contribution in [0.15, 0.2) is 42.5 Å². The lowest BCUT2D eigenvalue weighted by Crippen LogP contribution is -2.29. The van der Waals surface area contributed by atoms with Gasteiger partial charge in [-0.1, -0.05) is 18.2 Å². The molecule has 0 aliphatic carbocycles. The molecule has 1 aliphatic rings. The van der Waals surface area contributed by atoms with E-state index in [0.717, 1.165) is 17.5 Å². The number of amides is 1. The molecule has 1 fully saturated rings. The maximum atomic E-state index is 13.0. The summed E-state index contributed by atoms with van der Waals surface area (Å²) in [5, 5.41) is 9.61. The van der Waals surface area contributed by atoms with Crippen molar-refractivity contribution in [1.29, 1.82) is 0 Å². The summed E-state index contributed by atoms with van der Waals surface area (Å²) in [6.45, 7) is 1.36. The molecule has 0 spiro atoms. The largest absolute Gasteiger partial charge is 0.504 e. The lowest BCUT2D eigenvalue weighted by atomic mass is 9.98. The molecule has 0 saturated carbocycles. The van der Waals surface area contributed by atoms with E-state index in [0.29, 0.717) is 18.8 Å². The fourth-order valence-corrected chi connectivity index (χ4v) is 3.11. The van der Waals surface area contributed by atoms with Crippen LogP contribution >= 0.6 is 0 Å². The first-order chi connectivity index (χ1) is 11.6. The zero-order valence-corrected chi connectivity index (χ0v) is 13.5. The van der Waals surface area contributed by atoms with Crippen LogP contribution in [0, 0.1) is 5.82 Å². The summed E-state index contributed by atoms with van der Waals surface area (Å²) in [4.78, 5) is 14.3. The fourth-order valence-electron chi connectivity index (χ4n) is 3.11. The van der Waals surface area contributed by atoms with Gasteiger partial charge in [0.25, 0.3) is 0 Å². The molecule has 0 bridgehead atoms. The topological polar surface area (TPSA) is 49.8 Å². The summed E-state index contributed by atoms with van der Waals surface area (Å²) in [5.74, 6) is 0.486. The van der Waals surface area contributed by atoms with Crippen LogP contribution in [-0.4, -0.2) is 36.1 Å². The average molecular weight is 329 g/mol. The lowest BCUT2D eigenvalue weighted by Gasteiger charge is -2.17. The Morgan fingerprint density at radius 2 is 2.04 bits per heavy atom. The van der Waals surface area contributed by atoms with Crippen molar-refractivity contribution in [3.05, 3.63) is 59.4 Å². The number of carbonyl (C=O) groups excluding carboxylic acids is 1. The first kappa shape index (κ1) is 16.3. The molecule has 4 nitrogen and oxygen atoms in total. The normalized spacial score (nSPS) is 17.1. The highest BCUT2D eigenvalue weighted by molar-refractivity contribution is 5.79. The van der Waals surface area contributed by atoms with E-state index in [4.69, 9.17) is 4.74 Å². The Morgan fingerprint density at radius 3 is 2.75 bits per heavy atom. The van der Waals surface area contributed by atoms with Gasteiger partial charge in [-0.05, 0) is 41.8 Å². The first-order valence-corrected chi connectivity index (χ1v) is 7.96. The highest BCUT2D eigenvalue weighted by atomic mass is 19.1. The molecule has 0 radical (unpaired) electrons. The Kier molecular flexibility index (Phi) is 4.69. The van der Waals surface area contributed by atoms with E-state index in [-0.39, 0.29) is 29.8 Å². The van der Waals surface area contributed by atoms with Crippen LogP contribution in [0.4, 0.5) is 4.39 Å². The second-order valence-electron chi connectivity index (χ2n) is 6.06. The van der Waals surface area contributed by atoms with E-state index in [1.54, 1.807) is 24.3 Å². The van der Waals surface area contributed by atoms with Gasteiger partial charge >= 0.3 is 0 Å². The molecule has 2 aromatic carbocycles. The molecule has 0 aromatic heterocycles. The smallest absolute Gasteiger partial charge is 0.227 e. The standard InChI is InChI=1S/C19H20FNO3/c1-24-18-10-13(2-7-17(18)22)11-19(23)21-9-8-15(12-21)14-3-5-16(20)6-4-14/h2-7,10,15,22H,8-9,11-12H2,1H3. The number of methoxy groups -OCH3 is 1. The average Bonchev–Trinajstić information content (AvgIpc) is 3.07. The number of phenolic OH excluding ortho intramolecular Hbond substituents is 1. The molecular formula is C19H20FNO3. The van der Waals surface area contributed by atoms with E-state index in [1.807, 2.05) is 4.90 Å². The van der Waals surface area contributed by atoms with Crippen molar-refractivity contribution < 1.29 is 19.0 Å². The predicted octanol–water partition coefficient (Wildman–Crippen LogP) is 3.10. The van der Waals surface area contributed by atoms with Gasteiger partial charge in [-0.2, -0.15) is 0 Å². The maximum absolute atomic E-state index is 13.0. The van der Waals surface area contributed by atoms with E-state index >= 15 is 0 Å². The van der Waals surface area contributed by atoms with Crippen molar-refractivity contribution in [3.8, 4) is 11.5 Å². The number of rotatable bonds is 4. The first-order valence-electron chi connectivity index (χ1n) is 7.96. The number of likely N-dealkylation sites (tertiary alicyclic amines) is 1. The minimum Gasteiger partial charge on any atom is -0.504 e. The Hall–Kier alpha value is -2.56. The third-order valence-electron chi connectivity index (χ3n) is 4.48. The number of aromatic hydroxyl groups is 1. The van der Waals surface area contributed by atoms with Crippen molar-refractivity contribution in [2.24, 2.45) is 0 Å². The number of hydrogen-bond acceptors (Lipinski definition) is 3.